The van der Waals surface area contributed by atoms with E-state index in [2.05, 4.69) is 15.6 Å². The minimum absolute atomic E-state index is 0. The number of hydrogen-bond donors (Lipinski definition) is 2. The SMILES string of the molecule is CCNC(=NCc1ccc(C)cc1OCC(F)(F)F)NCC1CCCO1.I. The van der Waals surface area contributed by atoms with Gasteiger partial charge in [-0.1, -0.05) is 12.1 Å². The van der Waals surface area contributed by atoms with Crippen LogP contribution in [0, 0.1) is 6.92 Å². The largest absolute Gasteiger partial charge is 0.484 e. The lowest BCUT2D eigenvalue weighted by Gasteiger charge is -2.16. The number of nitrogens with one attached hydrogen (secondary N) is 2. The third-order valence-electron chi connectivity index (χ3n) is 3.89. The molecule has 1 heterocycles. The Morgan fingerprint density at radius 3 is 2.74 bits per heavy atom. The zero-order valence-electron chi connectivity index (χ0n) is 15.6. The van der Waals surface area contributed by atoms with Crippen molar-refractivity contribution in [1.82, 2.24) is 10.6 Å². The van der Waals surface area contributed by atoms with Gasteiger partial charge in [0.1, 0.15) is 5.75 Å². The second-order valence-electron chi connectivity index (χ2n) is 6.23. The lowest BCUT2D eigenvalue weighted by molar-refractivity contribution is -0.153. The van der Waals surface area contributed by atoms with Gasteiger partial charge in [-0.15, -0.1) is 24.0 Å². The molecule has 2 rings (SSSR count). The van der Waals surface area contributed by atoms with Gasteiger partial charge < -0.3 is 20.1 Å². The molecule has 0 saturated carbocycles. The number of halogens is 4. The number of alkyl halides is 3. The molecule has 0 radical (unpaired) electrons. The fourth-order valence-electron chi connectivity index (χ4n) is 2.61. The van der Waals surface area contributed by atoms with Crippen molar-refractivity contribution in [3.63, 3.8) is 0 Å². The second kappa shape index (κ2) is 11.6. The van der Waals surface area contributed by atoms with Crippen LogP contribution in [0.5, 0.6) is 5.75 Å². The van der Waals surface area contributed by atoms with E-state index in [0.717, 1.165) is 25.0 Å². The summed E-state index contributed by atoms with van der Waals surface area (Å²) in [5.74, 6) is 0.811. The van der Waals surface area contributed by atoms with Crippen LogP contribution in [0.2, 0.25) is 0 Å². The highest BCUT2D eigenvalue weighted by Gasteiger charge is 2.28. The number of hydrogen-bond acceptors (Lipinski definition) is 3. The molecule has 2 N–H and O–H groups in total. The van der Waals surface area contributed by atoms with Crippen LogP contribution in [0.25, 0.3) is 0 Å². The molecular formula is C18H27F3IN3O2. The topological polar surface area (TPSA) is 54.9 Å². The summed E-state index contributed by atoms with van der Waals surface area (Å²) in [5, 5.41) is 6.34. The van der Waals surface area contributed by atoms with Crippen molar-refractivity contribution < 1.29 is 22.6 Å². The van der Waals surface area contributed by atoms with Crippen LogP contribution in [0.3, 0.4) is 0 Å². The quantitative estimate of drug-likeness (QED) is 0.339. The molecule has 27 heavy (non-hydrogen) atoms. The first-order valence-corrected chi connectivity index (χ1v) is 8.80. The van der Waals surface area contributed by atoms with Crippen molar-refractivity contribution in [3.05, 3.63) is 29.3 Å². The summed E-state index contributed by atoms with van der Waals surface area (Å²) in [7, 11) is 0. The number of aryl methyl sites for hydroxylation is 1. The van der Waals surface area contributed by atoms with E-state index in [1.165, 1.54) is 0 Å². The zero-order chi connectivity index (χ0) is 19.0. The standard InChI is InChI=1S/C18H26F3N3O2.HI/c1-3-22-17(24-11-15-5-4-8-25-15)23-10-14-7-6-13(2)9-16(14)26-12-18(19,20)21;/h6-7,9,15H,3-5,8,10-12H2,1-2H3,(H2,22,23,24);1H. The van der Waals surface area contributed by atoms with Gasteiger partial charge in [0.25, 0.3) is 0 Å². The first-order valence-electron chi connectivity index (χ1n) is 8.80. The maximum atomic E-state index is 12.5. The first-order chi connectivity index (χ1) is 12.4. The number of benzene rings is 1. The molecule has 1 aromatic carbocycles. The number of guanidine groups is 1. The molecule has 1 aliphatic rings. The Kier molecular flexibility index (Phi) is 10.2. The van der Waals surface area contributed by atoms with Crippen LogP contribution in [0.15, 0.2) is 23.2 Å². The van der Waals surface area contributed by atoms with Crippen molar-refractivity contribution in [2.75, 3.05) is 26.3 Å². The Bertz CT molecular complexity index is 606. The molecule has 0 bridgehead atoms. The van der Waals surface area contributed by atoms with Gasteiger partial charge in [-0.2, -0.15) is 13.2 Å². The summed E-state index contributed by atoms with van der Waals surface area (Å²) >= 11 is 0. The van der Waals surface area contributed by atoms with Gasteiger partial charge in [0.2, 0.25) is 0 Å². The summed E-state index contributed by atoms with van der Waals surface area (Å²) < 4.78 is 47.9. The number of ether oxygens (including phenoxy) is 2. The normalized spacial score (nSPS) is 17.4. The molecule has 0 amide bonds. The van der Waals surface area contributed by atoms with Gasteiger partial charge >= 0.3 is 6.18 Å². The van der Waals surface area contributed by atoms with E-state index in [0.29, 0.717) is 24.6 Å². The van der Waals surface area contributed by atoms with E-state index in [-0.39, 0.29) is 42.4 Å². The molecule has 0 aliphatic carbocycles. The Morgan fingerprint density at radius 2 is 2.11 bits per heavy atom. The molecular weight excluding hydrogens is 474 g/mol. The van der Waals surface area contributed by atoms with Gasteiger partial charge in [-0.05, 0) is 38.3 Å². The van der Waals surface area contributed by atoms with Gasteiger partial charge in [0, 0.05) is 25.3 Å². The lowest BCUT2D eigenvalue weighted by Crippen LogP contribution is -2.41. The van der Waals surface area contributed by atoms with Gasteiger partial charge in [-0.3, -0.25) is 0 Å². The van der Waals surface area contributed by atoms with Crippen molar-refractivity contribution >= 4 is 29.9 Å². The molecule has 154 valence electrons. The van der Waals surface area contributed by atoms with Crippen molar-refractivity contribution in [2.45, 2.75) is 45.5 Å². The fraction of sp³-hybridized carbons (Fsp3) is 0.611. The maximum absolute atomic E-state index is 12.5. The van der Waals surface area contributed by atoms with Gasteiger partial charge in [-0.25, -0.2) is 4.99 Å². The molecule has 1 aromatic rings. The van der Waals surface area contributed by atoms with Gasteiger partial charge in [0.15, 0.2) is 12.6 Å². The Balaban J connectivity index is 0.00000364. The van der Waals surface area contributed by atoms with Crippen molar-refractivity contribution in [1.29, 1.82) is 0 Å². The molecule has 5 nitrogen and oxygen atoms in total. The molecule has 1 aliphatic heterocycles. The molecule has 0 aromatic heterocycles. The molecule has 1 atom stereocenters. The van der Waals surface area contributed by atoms with E-state index < -0.39 is 12.8 Å². The zero-order valence-corrected chi connectivity index (χ0v) is 17.9. The third kappa shape index (κ3) is 9.00. The predicted molar refractivity (Wildman–Crippen MR) is 110 cm³/mol. The van der Waals surface area contributed by atoms with E-state index in [4.69, 9.17) is 9.47 Å². The third-order valence-corrected chi connectivity index (χ3v) is 3.89. The van der Waals surface area contributed by atoms with Crippen LogP contribution in [-0.2, 0) is 11.3 Å². The summed E-state index contributed by atoms with van der Waals surface area (Å²) in [6.07, 6.45) is -2.13. The smallest absolute Gasteiger partial charge is 0.422 e. The van der Waals surface area contributed by atoms with E-state index in [1.807, 2.05) is 13.0 Å². The minimum atomic E-state index is -4.37. The van der Waals surface area contributed by atoms with Crippen LogP contribution < -0.4 is 15.4 Å². The van der Waals surface area contributed by atoms with Crippen LogP contribution in [0.1, 0.15) is 30.9 Å². The Hall–Kier alpha value is -1.23. The average Bonchev–Trinajstić information content (AvgIpc) is 3.09. The highest BCUT2D eigenvalue weighted by Crippen LogP contribution is 2.24. The first kappa shape index (κ1) is 23.8. The van der Waals surface area contributed by atoms with Crippen molar-refractivity contribution in [3.8, 4) is 5.75 Å². The fourth-order valence-corrected chi connectivity index (χ4v) is 2.61. The van der Waals surface area contributed by atoms with E-state index in [1.54, 1.807) is 19.1 Å². The molecule has 0 spiro atoms. The number of aliphatic imine (C=N–C) groups is 1. The maximum Gasteiger partial charge on any atom is 0.422 e. The Labute approximate surface area is 175 Å². The highest BCUT2D eigenvalue weighted by atomic mass is 127. The van der Waals surface area contributed by atoms with Gasteiger partial charge in [0.05, 0.1) is 12.6 Å². The second-order valence-corrected chi connectivity index (χ2v) is 6.23. The number of nitrogens with zero attached hydrogens (tertiary/aromatic N) is 1. The average molecular weight is 501 g/mol. The van der Waals surface area contributed by atoms with Crippen LogP contribution >= 0.6 is 24.0 Å². The lowest BCUT2D eigenvalue weighted by atomic mass is 10.1. The summed E-state index contributed by atoms with van der Waals surface area (Å²) in [4.78, 5) is 4.46. The molecule has 1 unspecified atom stereocenters. The monoisotopic (exact) mass is 501 g/mol. The van der Waals surface area contributed by atoms with E-state index >= 15 is 0 Å². The van der Waals surface area contributed by atoms with E-state index in [9.17, 15) is 13.2 Å². The van der Waals surface area contributed by atoms with Crippen LogP contribution in [0.4, 0.5) is 13.2 Å². The summed E-state index contributed by atoms with van der Waals surface area (Å²) in [5.41, 5.74) is 1.44. The minimum Gasteiger partial charge on any atom is -0.484 e. The molecule has 9 heteroatoms. The predicted octanol–water partition coefficient (Wildman–Crippen LogP) is 3.79. The van der Waals surface area contributed by atoms with Crippen LogP contribution in [-0.4, -0.2) is 44.5 Å². The Morgan fingerprint density at radius 1 is 1.33 bits per heavy atom. The highest BCUT2D eigenvalue weighted by molar-refractivity contribution is 14.0. The molecule has 1 fully saturated rings. The molecule has 1 saturated heterocycles. The summed E-state index contributed by atoms with van der Waals surface area (Å²) in [6, 6.07) is 5.18. The van der Waals surface area contributed by atoms with Crippen molar-refractivity contribution in [2.24, 2.45) is 4.99 Å². The number of rotatable bonds is 7. The summed E-state index contributed by atoms with van der Waals surface area (Å²) in [6.45, 7) is 4.77.